The molecule has 0 amide bonds. The summed E-state index contributed by atoms with van der Waals surface area (Å²) < 4.78 is 10.9. The quantitative estimate of drug-likeness (QED) is 0.813. The lowest BCUT2D eigenvalue weighted by molar-refractivity contribution is -0.219. The summed E-state index contributed by atoms with van der Waals surface area (Å²) in [6, 6.07) is 6.58. The van der Waals surface area contributed by atoms with Crippen molar-refractivity contribution < 1.29 is 9.47 Å². The molecule has 4 heteroatoms. The Morgan fingerprint density at radius 2 is 2.00 bits per heavy atom. The first-order valence-electron chi connectivity index (χ1n) is 6.45. The molecular weight excluding hydrogens is 228 g/mol. The monoisotopic (exact) mass is 248 g/mol. The van der Waals surface area contributed by atoms with E-state index in [0.717, 1.165) is 32.6 Å². The summed E-state index contributed by atoms with van der Waals surface area (Å²) in [5, 5.41) is 3.44. The first-order chi connectivity index (χ1) is 8.78. The zero-order chi connectivity index (χ0) is 12.6. The predicted molar refractivity (Wildman–Crippen MR) is 70.8 cm³/mol. The van der Waals surface area contributed by atoms with Crippen molar-refractivity contribution in [2.75, 3.05) is 38.8 Å². The minimum absolute atomic E-state index is 0.412. The van der Waals surface area contributed by atoms with E-state index >= 15 is 0 Å². The smallest absolute Gasteiger partial charge is 0.203 e. The zero-order valence-corrected chi connectivity index (χ0v) is 11.0. The number of ether oxygens (including phenoxy) is 2. The van der Waals surface area contributed by atoms with Crippen LogP contribution in [0.5, 0.6) is 0 Å². The van der Waals surface area contributed by atoms with E-state index in [2.05, 4.69) is 28.4 Å². The van der Waals surface area contributed by atoms with E-state index in [4.69, 9.17) is 9.47 Å². The number of nitrogens with zero attached hydrogens (tertiary/aromatic N) is 1. The maximum atomic E-state index is 5.44. The van der Waals surface area contributed by atoms with Crippen molar-refractivity contribution >= 4 is 5.69 Å². The Hall–Kier alpha value is -1.10. The summed E-state index contributed by atoms with van der Waals surface area (Å²) >= 11 is 0. The molecule has 0 radical (unpaired) electrons. The molecule has 2 aliphatic heterocycles. The van der Waals surface area contributed by atoms with Crippen LogP contribution in [0.25, 0.3) is 0 Å². The van der Waals surface area contributed by atoms with Crippen molar-refractivity contribution in [1.82, 2.24) is 5.32 Å². The minimum Gasteiger partial charge on any atom is -0.360 e. The summed E-state index contributed by atoms with van der Waals surface area (Å²) in [5.41, 5.74) is 4.23. The average Bonchev–Trinajstić information content (AvgIpc) is 2.39. The number of hydrogen-bond acceptors (Lipinski definition) is 4. The van der Waals surface area contributed by atoms with Crippen LogP contribution in [0.1, 0.15) is 11.1 Å². The van der Waals surface area contributed by atoms with Gasteiger partial charge in [0.15, 0.2) is 0 Å². The van der Waals surface area contributed by atoms with Crippen molar-refractivity contribution in [3.8, 4) is 0 Å². The van der Waals surface area contributed by atoms with E-state index in [1.165, 1.54) is 16.8 Å². The van der Waals surface area contributed by atoms with Gasteiger partial charge in [0.25, 0.3) is 0 Å². The van der Waals surface area contributed by atoms with Crippen molar-refractivity contribution in [3.63, 3.8) is 0 Å². The van der Waals surface area contributed by atoms with Crippen LogP contribution in [-0.4, -0.2) is 39.6 Å². The third kappa shape index (κ3) is 1.81. The first kappa shape index (κ1) is 12.0. The molecule has 1 fully saturated rings. The third-order valence-corrected chi connectivity index (χ3v) is 4.07. The van der Waals surface area contributed by atoms with Gasteiger partial charge in [0, 0.05) is 26.5 Å². The Labute approximate surface area is 108 Å². The van der Waals surface area contributed by atoms with Gasteiger partial charge in [0.1, 0.15) is 0 Å². The van der Waals surface area contributed by atoms with E-state index in [1.54, 1.807) is 14.2 Å². The van der Waals surface area contributed by atoms with Gasteiger partial charge in [0.05, 0.1) is 13.1 Å². The fourth-order valence-corrected chi connectivity index (χ4v) is 2.84. The molecule has 18 heavy (non-hydrogen) atoms. The third-order valence-electron chi connectivity index (χ3n) is 4.07. The van der Waals surface area contributed by atoms with Gasteiger partial charge in [-0.05, 0) is 30.2 Å². The Balaban J connectivity index is 1.82. The summed E-state index contributed by atoms with van der Waals surface area (Å²) in [6.07, 6.45) is 1.12. The average molecular weight is 248 g/mol. The molecule has 0 unspecified atom stereocenters. The molecule has 0 aliphatic carbocycles. The molecule has 0 bridgehead atoms. The molecule has 4 nitrogen and oxygen atoms in total. The first-order valence-corrected chi connectivity index (χ1v) is 6.45. The molecule has 1 aromatic rings. The largest absolute Gasteiger partial charge is 0.360 e. The second-order valence-electron chi connectivity index (χ2n) is 5.02. The molecule has 0 aromatic heterocycles. The van der Waals surface area contributed by atoms with Crippen LogP contribution in [0.4, 0.5) is 5.69 Å². The van der Waals surface area contributed by atoms with Gasteiger partial charge >= 0.3 is 0 Å². The molecule has 3 rings (SSSR count). The fraction of sp³-hybridized carbons (Fsp3) is 0.571. The van der Waals surface area contributed by atoms with E-state index in [9.17, 15) is 0 Å². The van der Waals surface area contributed by atoms with Gasteiger partial charge in [-0.3, -0.25) is 0 Å². The normalized spacial score (nSPS) is 21.3. The highest BCUT2D eigenvalue weighted by Crippen LogP contribution is 2.34. The molecule has 0 spiro atoms. The SMILES string of the molecule is COC1(OC)CN(c2cccc3c2CNCC3)C1. The van der Waals surface area contributed by atoms with E-state index in [1.807, 2.05) is 0 Å². The Morgan fingerprint density at radius 1 is 1.22 bits per heavy atom. The van der Waals surface area contributed by atoms with Gasteiger partial charge < -0.3 is 19.7 Å². The second kappa shape index (κ2) is 4.53. The Morgan fingerprint density at radius 3 is 2.72 bits per heavy atom. The highest BCUT2D eigenvalue weighted by atomic mass is 16.7. The summed E-state index contributed by atoms with van der Waals surface area (Å²) in [5.74, 6) is -0.412. The van der Waals surface area contributed by atoms with Crippen LogP contribution in [0, 0.1) is 0 Å². The van der Waals surface area contributed by atoms with Gasteiger partial charge in [-0.1, -0.05) is 12.1 Å². The highest BCUT2D eigenvalue weighted by molar-refractivity contribution is 5.59. The maximum Gasteiger partial charge on any atom is 0.203 e. The summed E-state index contributed by atoms with van der Waals surface area (Å²) in [6.45, 7) is 3.65. The van der Waals surface area contributed by atoms with Crippen LogP contribution in [0.3, 0.4) is 0 Å². The summed E-state index contributed by atoms with van der Waals surface area (Å²) in [7, 11) is 3.42. The van der Waals surface area contributed by atoms with Crippen LogP contribution < -0.4 is 10.2 Å². The Bertz CT molecular complexity index is 435. The van der Waals surface area contributed by atoms with Crippen LogP contribution >= 0.6 is 0 Å². The number of anilines is 1. The topological polar surface area (TPSA) is 33.7 Å². The minimum atomic E-state index is -0.412. The standard InChI is InChI=1S/C14H20N2O2/c1-17-14(18-2)9-16(10-14)13-5-3-4-11-6-7-15-8-12(11)13/h3-5,15H,6-10H2,1-2H3. The lowest BCUT2D eigenvalue weighted by Gasteiger charge is -2.49. The molecule has 1 aromatic carbocycles. The van der Waals surface area contributed by atoms with E-state index < -0.39 is 5.79 Å². The van der Waals surface area contributed by atoms with Gasteiger partial charge in [-0.2, -0.15) is 0 Å². The number of fused-ring (bicyclic) bond motifs is 1. The number of benzene rings is 1. The number of methoxy groups -OCH3 is 2. The van der Waals surface area contributed by atoms with Gasteiger partial charge in [0.2, 0.25) is 5.79 Å². The van der Waals surface area contributed by atoms with Crippen molar-refractivity contribution in [1.29, 1.82) is 0 Å². The molecule has 1 saturated heterocycles. The Kier molecular flexibility index (Phi) is 3.01. The molecule has 0 atom stereocenters. The summed E-state index contributed by atoms with van der Waals surface area (Å²) in [4.78, 5) is 2.33. The molecular formula is C14H20N2O2. The number of hydrogen-bond donors (Lipinski definition) is 1. The highest BCUT2D eigenvalue weighted by Gasteiger charge is 2.44. The number of nitrogens with one attached hydrogen (secondary N) is 1. The molecule has 0 saturated carbocycles. The fourth-order valence-electron chi connectivity index (χ4n) is 2.84. The van der Waals surface area contributed by atoms with Gasteiger partial charge in [-0.25, -0.2) is 0 Å². The van der Waals surface area contributed by atoms with Crippen LogP contribution in [0.15, 0.2) is 18.2 Å². The molecule has 98 valence electrons. The lowest BCUT2D eigenvalue weighted by Crippen LogP contribution is -2.64. The van der Waals surface area contributed by atoms with Crippen molar-refractivity contribution in [3.05, 3.63) is 29.3 Å². The van der Waals surface area contributed by atoms with Crippen molar-refractivity contribution in [2.24, 2.45) is 0 Å². The molecule has 1 N–H and O–H groups in total. The second-order valence-corrected chi connectivity index (χ2v) is 5.02. The molecule has 2 aliphatic rings. The number of rotatable bonds is 3. The van der Waals surface area contributed by atoms with E-state index in [-0.39, 0.29) is 0 Å². The zero-order valence-electron chi connectivity index (χ0n) is 11.0. The lowest BCUT2D eigenvalue weighted by atomic mass is 9.96. The molecule has 2 heterocycles. The van der Waals surface area contributed by atoms with Gasteiger partial charge in [-0.15, -0.1) is 0 Å². The maximum absolute atomic E-state index is 5.44. The van der Waals surface area contributed by atoms with E-state index in [0.29, 0.717) is 0 Å². The van der Waals surface area contributed by atoms with Crippen molar-refractivity contribution in [2.45, 2.75) is 18.8 Å². The predicted octanol–water partition coefficient (Wildman–Crippen LogP) is 1.14. The van der Waals surface area contributed by atoms with Crippen LogP contribution in [0.2, 0.25) is 0 Å². The van der Waals surface area contributed by atoms with Crippen LogP contribution in [-0.2, 0) is 22.4 Å².